The first kappa shape index (κ1) is 23.7. The van der Waals surface area contributed by atoms with Gasteiger partial charge < -0.3 is 14.4 Å². The molecule has 1 amide bonds. The Morgan fingerprint density at radius 1 is 1.09 bits per heavy atom. The highest BCUT2D eigenvalue weighted by molar-refractivity contribution is 7.89. The second-order valence-electron chi connectivity index (χ2n) is 7.33. The van der Waals surface area contributed by atoms with E-state index in [1.54, 1.807) is 67.3 Å². The summed E-state index contributed by atoms with van der Waals surface area (Å²) in [6.45, 7) is 4.49. The Kier molecular flexibility index (Phi) is 7.52. The topological polar surface area (TPSA) is 93.2 Å². The Hall–Kier alpha value is -2.91. The average molecular weight is 461 g/mol. The lowest BCUT2D eigenvalue weighted by Gasteiger charge is -2.33. The number of carbonyl (C=O) groups excluding carboxylic acids is 2. The van der Waals surface area contributed by atoms with Crippen molar-refractivity contribution >= 4 is 27.6 Å². The summed E-state index contributed by atoms with van der Waals surface area (Å²) in [7, 11) is -2.24. The van der Waals surface area contributed by atoms with Gasteiger partial charge >= 0.3 is 5.97 Å². The number of benzene rings is 2. The third-order valence-corrected chi connectivity index (χ3v) is 7.50. The minimum Gasteiger partial charge on any atom is -0.475 e. The largest absolute Gasteiger partial charge is 0.475 e. The molecule has 0 fully saturated rings. The van der Waals surface area contributed by atoms with Crippen molar-refractivity contribution in [3.63, 3.8) is 0 Å². The molecule has 1 atom stereocenters. The van der Waals surface area contributed by atoms with Gasteiger partial charge in [0.2, 0.25) is 22.0 Å². The van der Waals surface area contributed by atoms with Gasteiger partial charge in [0.15, 0.2) is 0 Å². The quantitative estimate of drug-likeness (QED) is 0.562. The Balaban J connectivity index is 1.71. The molecule has 1 heterocycles. The fourth-order valence-electron chi connectivity index (χ4n) is 3.65. The molecule has 0 saturated heterocycles. The number of anilines is 1. The molecule has 0 aromatic heterocycles. The van der Waals surface area contributed by atoms with Crippen molar-refractivity contribution in [3.8, 4) is 5.75 Å². The molecule has 1 aliphatic heterocycles. The van der Waals surface area contributed by atoms with Crippen molar-refractivity contribution in [2.24, 2.45) is 0 Å². The van der Waals surface area contributed by atoms with E-state index in [9.17, 15) is 18.0 Å². The van der Waals surface area contributed by atoms with Gasteiger partial charge in [0.1, 0.15) is 5.75 Å². The van der Waals surface area contributed by atoms with Gasteiger partial charge in [0, 0.05) is 19.5 Å². The van der Waals surface area contributed by atoms with Crippen molar-refractivity contribution in [1.29, 1.82) is 0 Å². The van der Waals surface area contributed by atoms with Crippen LogP contribution in [0.5, 0.6) is 5.75 Å². The number of nitrogens with zero attached hydrogens (tertiary/aromatic N) is 2. The number of rotatable bonds is 8. The Bertz CT molecular complexity index is 1060. The van der Waals surface area contributed by atoms with Crippen LogP contribution in [-0.4, -0.2) is 57.4 Å². The summed E-state index contributed by atoms with van der Waals surface area (Å²) in [6.07, 6.45) is -0.250. The summed E-state index contributed by atoms with van der Waals surface area (Å²) in [5.74, 6) is -0.245. The Morgan fingerprint density at radius 2 is 1.75 bits per heavy atom. The maximum Gasteiger partial charge on any atom is 0.348 e. The molecule has 0 aliphatic carbocycles. The van der Waals surface area contributed by atoms with E-state index in [1.165, 1.54) is 11.4 Å². The van der Waals surface area contributed by atoms with Crippen LogP contribution in [0.3, 0.4) is 0 Å². The molecule has 8 nitrogen and oxygen atoms in total. The first-order valence-electron chi connectivity index (χ1n) is 10.5. The van der Waals surface area contributed by atoms with Gasteiger partial charge in [0.25, 0.3) is 0 Å². The zero-order chi connectivity index (χ0) is 23.3. The molecule has 0 radical (unpaired) electrons. The van der Waals surface area contributed by atoms with Crippen molar-refractivity contribution in [1.82, 2.24) is 4.31 Å². The van der Waals surface area contributed by atoms with Crippen molar-refractivity contribution in [2.45, 2.75) is 37.7 Å². The van der Waals surface area contributed by atoms with Gasteiger partial charge in [-0.3, -0.25) is 4.79 Å². The SMILES string of the molecule is CCN(CC)S(=O)(=O)c1ccc(CCC(=O)N2C[C@H](C(=O)OC)Oc3ccccc32)cc1. The van der Waals surface area contributed by atoms with E-state index in [-0.39, 0.29) is 23.8 Å². The smallest absolute Gasteiger partial charge is 0.348 e. The Morgan fingerprint density at radius 3 is 2.38 bits per heavy atom. The third kappa shape index (κ3) is 4.94. The lowest BCUT2D eigenvalue weighted by molar-refractivity contribution is -0.148. The highest BCUT2D eigenvalue weighted by atomic mass is 32.2. The third-order valence-electron chi connectivity index (χ3n) is 5.43. The number of hydrogen-bond donors (Lipinski definition) is 0. The normalized spacial score (nSPS) is 15.8. The van der Waals surface area contributed by atoms with E-state index >= 15 is 0 Å². The standard InChI is InChI=1S/C23H28N2O6S/c1-4-24(5-2)32(28,29)18-13-10-17(11-14-18)12-15-22(26)25-16-21(23(27)30-3)31-20-9-7-6-8-19(20)25/h6-11,13-14,21H,4-5,12,15-16H2,1-3H3/t21-/m1/s1. The molecule has 0 unspecified atom stereocenters. The van der Waals surface area contributed by atoms with Gasteiger partial charge in [0.05, 0.1) is 24.2 Å². The summed E-state index contributed by atoms with van der Waals surface area (Å²) in [5, 5.41) is 0. The van der Waals surface area contributed by atoms with Gasteiger partial charge in [-0.2, -0.15) is 4.31 Å². The number of para-hydroxylation sites is 2. The van der Waals surface area contributed by atoms with Crippen molar-refractivity contribution in [3.05, 3.63) is 54.1 Å². The van der Waals surface area contributed by atoms with E-state index in [2.05, 4.69) is 0 Å². The van der Waals surface area contributed by atoms with Gasteiger partial charge in [-0.25, -0.2) is 13.2 Å². The van der Waals surface area contributed by atoms with Crippen LogP contribution in [0, 0.1) is 0 Å². The van der Waals surface area contributed by atoms with Crippen LogP contribution in [0.25, 0.3) is 0 Å². The first-order valence-corrected chi connectivity index (χ1v) is 12.0. The molecule has 0 N–H and O–H groups in total. The minimum atomic E-state index is -3.52. The number of sulfonamides is 1. The maximum atomic E-state index is 13.0. The number of aryl methyl sites for hydroxylation is 1. The maximum absolute atomic E-state index is 13.0. The predicted molar refractivity (Wildman–Crippen MR) is 120 cm³/mol. The zero-order valence-corrected chi connectivity index (χ0v) is 19.3. The van der Waals surface area contributed by atoms with Gasteiger partial charge in [-0.05, 0) is 36.2 Å². The fourth-order valence-corrected chi connectivity index (χ4v) is 5.11. The molecule has 0 bridgehead atoms. The van der Waals surface area contributed by atoms with Crippen molar-refractivity contribution in [2.75, 3.05) is 31.6 Å². The summed E-state index contributed by atoms with van der Waals surface area (Å²) >= 11 is 0. The molecule has 0 spiro atoms. The van der Waals surface area contributed by atoms with Crippen LogP contribution in [0.4, 0.5) is 5.69 Å². The summed E-state index contributed by atoms with van der Waals surface area (Å²) in [6, 6.07) is 13.7. The van der Waals surface area contributed by atoms with Crippen LogP contribution in [-0.2, 0) is 30.8 Å². The number of amides is 1. The van der Waals surface area contributed by atoms with E-state index in [4.69, 9.17) is 9.47 Å². The number of ether oxygens (including phenoxy) is 2. The lowest BCUT2D eigenvalue weighted by Crippen LogP contribution is -2.47. The van der Waals surface area contributed by atoms with Crippen LogP contribution >= 0.6 is 0 Å². The molecule has 2 aromatic carbocycles. The van der Waals surface area contributed by atoms with E-state index in [1.807, 2.05) is 0 Å². The van der Waals surface area contributed by atoms with Crippen LogP contribution in [0.2, 0.25) is 0 Å². The van der Waals surface area contributed by atoms with Crippen LogP contribution in [0.15, 0.2) is 53.4 Å². The molecule has 3 rings (SSSR count). The average Bonchev–Trinajstić information content (AvgIpc) is 2.82. The van der Waals surface area contributed by atoms with E-state index in [0.29, 0.717) is 30.9 Å². The summed E-state index contributed by atoms with van der Waals surface area (Å²) in [5.41, 5.74) is 1.46. The number of esters is 1. The number of hydrogen-bond acceptors (Lipinski definition) is 6. The van der Waals surface area contributed by atoms with E-state index < -0.39 is 22.1 Å². The zero-order valence-electron chi connectivity index (χ0n) is 18.5. The number of fused-ring (bicyclic) bond motifs is 1. The molecule has 9 heteroatoms. The second kappa shape index (κ2) is 10.1. The van der Waals surface area contributed by atoms with Crippen LogP contribution in [0.1, 0.15) is 25.8 Å². The summed E-state index contributed by atoms with van der Waals surface area (Å²) in [4.78, 5) is 26.8. The number of methoxy groups -OCH3 is 1. The molecule has 2 aromatic rings. The highest BCUT2D eigenvalue weighted by Crippen LogP contribution is 2.34. The summed E-state index contributed by atoms with van der Waals surface area (Å²) < 4.78 is 37.1. The fraction of sp³-hybridized carbons (Fsp3) is 0.391. The first-order chi connectivity index (χ1) is 15.3. The van der Waals surface area contributed by atoms with Crippen molar-refractivity contribution < 1.29 is 27.5 Å². The molecular weight excluding hydrogens is 432 g/mol. The predicted octanol–water partition coefficient (Wildman–Crippen LogP) is 2.62. The molecule has 0 saturated carbocycles. The molecule has 1 aliphatic rings. The van der Waals surface area contributed by atoms with Gasteiger partial charge in [-0.15, -0.1) is 0 Å². The Labute approximate surface area is 188 Å². The molecular formula is C23H28N2O6S. The highest BCUT2D eigenvalue weighted by Gasteiger charge is 2.34. The monoisotopic (exact) mass is 460 g/mol. The van der Waals surface area contributed by atoms with E-state index in [0.717, 1.165) is 5.56 Å². The number of carbonyl (C=O) groups is 2. The lowest BCUT2D eigenvalue weighted by atomic mass is 10.1. The second-order valence-corrected chi connectivity index (χ2v) is 9.27. The van der Waals surface area contributed by atoms with Crippen LogP contribution < -0.4 is 9.64 Å². The minimum absolute atomic E-state index is 0.0730. The molecule has 172 valence electrons. The molecule has 32 heavy (non-hydrogen) atoms. The van der Waals surface area contributed by atoms with Gasteiger partial charge in [-0.1, -0.05) is 38.1 Å².